The van der Waals surface area contributed by atoms with Gasteiger partial charge in [-0.1, -0.05) is 0 Å². The summed E-state index contributed by atoms with van der Waals surface area (Å²) in [4.78, 5) is 7.15. The van der Waals surface area contributed by atoms with Crippen molar-refractivity contribution in [3.05, 3.63) is 17.0 Å². The summed E-state index contributed by atoms with van der Waals surface area (Å²) in [6, 6.07) is 0. The van der Waals surface area contributed by atoms with E-state index < -0.39 is 11.9 Å². The summed E-state index contributed by atoms with van der Waals surface area (Å²) >= 11 is 0. The highest BCUT2D eigenvalue weighted by molar-refractivity contribution is 5.35. The minimum atomic E-state index is -4.43. The van der Waals surface area contributed by atoms with Crippen LogP contribution in [-0.2, 0) is 19.0 Å². The molecular weight excluding hydrogens is 207 g/mol. The normalized spacial score (nSPS) is 16.2. The van der Waals surface area contributed by atoms with Crippen molar-refractivity contribution in [2.75, 3.05) is 5.73 Å². The predicted molar refractivity (Wildman–Crippen MR) is 48.1 cm³/mol. The average Bonchev–Trinajstić information content (AvgIpc) is 2.15. The van der Waals surface area contributed by atoms with E-state index in [1.165, 1.54) is 0 Å². The lowest BCUT2D eigenvalue weighted by molar-refractivity contribution is -0.141. The number of aryl methyl sites for hydroxylation is 1. The van der Waals surface area contributed by atoms with Crippen LogP contribution in [0.25, 0.3) is 0 Å². The molecule has 3 nitrogen and oxygen atoms in total. The Morgan fingerprint density at radius 3 is 2.40 bits per heavy atom. The lowest BCUT2D eigenvalue weighted by Gasteiger charge is -2.19. The molecule has 2 N–H and O–H groups in total. The molecule has 15 heavy (non-hydrogen) atoms. The first-order valence-corrected chi connectivity index (χ1v) is 4.71. The van der Waals surface area contributed by atoms with E-state index in [9.17, 15) is 13.2 Å². The quantitative estimate of drug-likeness (QED) is 0.722. The lowest BCUT2D eigenvalue weighted by Crippen LogP contribution is -2.19. The fourth-order valence-electron chi connectivity index (χ4n) is 1.85. The Labute approximate surface area is 84.5 Å². The van der Waals surface area contributed by atoms with E-state index in [1.54, 1.807) is 0 Å². The monoisotopic (exact) mass is 217 g/mol. The second kappa shape index (κ2) is 3.36. The van der Waals surface area contributed by atoms with E-state index in [0.717, 1.165) is 12.8 Å². The smallest absolute Gasteiger partial charge is 0.368 e. The number of aromatic nitrogens is 2. The van der Waals surface area contributed by atoms with E-state index >= 15 is 0 Å². The zero-order valence-corrected chi connectivity index (χ0v) is 7.93. The number of nitrogen functional groups attached to an aromatic ring is 1. The fourth-order valence-corrected chi connectivity index (χ4v) is 1.85. The molecule has 82 valence electrons. The van der Waals surface area contributed by atoms with Crippen LogP contribution in [0.15, 0.2) is 0 Å². The molecule has 0 aromatic carbocycles. The van der Waals surface area contributed by atoms with Crippen molar-refractivity contribution >= 4 is 5.95 Å². The molecule has 0 saturated heterocycles. The maximum absolute atomic E-state index is 12.6. The van der Waals surface area contributed by atoms with Gasteiger partial charge in [-0.2, -0.15) is 13.2 Å². The predicted octanol–water partition coefficient (Wildman–Crippen LogP) is 1.96. The molecule has 1 aliphatic carbocycles. The molecule has 0 bridgehead atoms. The Morgan fingerprint density at radius 1 is 1.07 bits per heavy atom. The largest absolute Gasteiger partial charge is 0.433 e. The molecule has 1 aliphatic rings. The topological polar surface area (TPSA) is 51.8 Å². The second-order valence-corrected chi connectivity index (χ2v) is 3.56. The van der Waals surface area contributed by atoms with Gasteiger partial charge in [-0.25, -0.2) is 9.97 Å². The Balaban J connectivity index is 2.58. The number of hydrogen-bond acceptors (Lipinski definition) is 3. The molecule has 0 atom stereocenters. The third-order valence-corrected chi connectivity index (χ3v) is 2.47. The standard InChI is InChI=1S/C9H10F3N3/c10-9(11,12)7-5-3-1-2-4-6(5)14-8(13)15-7/h1-4H2,(H2,13,14,15). The fraction of sp³-hybridized carbons (Fsp3) is 0.556. The highest BCUT2D eigenvalue weighted by atomic mass is 19.4. The molecule has 0 spiro atoms. The van der Waals surface area contributed by atoms with Gasteiger partial charge in [-0.3, -0.25) is 0 Å². The van der Waals surface area contributed by atoms with E-state index in [4.69, 9.17) is 5.73 Å². The maximum atomic E-state index is 12.6. The van der Waals surface area contributed by atoms with Gasteiger partial charge >= 0.3 is 6.18 Å². The van der Waals surface area contributed by atoms with Crippen LogP contribution in [0, 0.1) is 0 Å². The van der Waals surface area contributed by atoms with Crippen LogP contribution in [0.2, 0.25) is 0 Å². The van der Waals surface area contributed by atoms with Crippen LogP contribution < -0.4 is 5.73 Å². The number of alkyl halides is 3. The third kappa shape index (κ3) is 1.88. The van der Waals surface area contributed by atoms with Crippen molar-refractivity contribution in [3.8, 4) is 0 Å². The van der Waals surface area contributed by atoms with E-state index in [1.807, 2.05) is 0 Å². The number of anilines is 1. The summed E-state index contributed by atoms with van der Waals surface area (Å²) in [6.45, 7) is 0. The van der Waals surface area contributed by atoms with Crippen molar-refractivity contribution in [3.63, 3.8) is 0 Å². The van der Waals surface area contributed by atoms with Gasteiger partial charge in [0, 0.05) is 11.3 Å². The van der Waals surface area contributed by atoms with Gasteiger partial charge in [-0.15, -0.1) is 0 Å². The minimum absolute atomic E-state index is 0.225. The molecule has 0 radical (unpaired) electrons. The van der Waals surface area contributed by atoms with Crippen LogP contribution in [-0.4, -0.2) is 9.97 Å². The van der Waals surface area contributed by atoms with Gasteiger partial charge < -0.3 is 5.73 Å². The van der Waals surface area contributed by atoms with Gasteiger partial charge in [0.2, 0.25) is 5.95 Å². The Hall–Kier alpha value is -1.33. The highest BCUT2D eigenvalue weighted by Gasteiger charge is 2.37. The molecule has 6 heteroatoms. The molecule has 0 unspecified atom stereocenters. The number of nitrogens with two attached hydrogens (primary N) is 1. The van der Waals surface area contributed by atoms with E-state index in [0.29, 0.717) is 18.5 Å². The van der Waals surface area contributed by atoms with Crippen LogP contribution in [0.5, 0.6) is 0 Å². The Bertz CT molecular complexity index is 387. The molecule has 0 fully saturated rings. The first-order valence-electron chi connectivity index (χ1n) is 4.71. The summed E-state index contributed by atoms with van der Waals surface area (Å²) in [5.41, 5.74) is 5.08. The zero-order chi connectivity index (χ0) is 11.1. The average molecular weight is 217 g/mol. The minimum Gasteiger partial charge on any atom is -0.368 e. The molecule has 0 aliphatic heterocycles. The molecule has 1 aromatic rings. The summed E-state index contributed by atoms with van der Waals surface area (Å²) < 4.78 is 37.8. The summed E-state index contributed by atoms with van der Waals surface area (Å²) in [6.07, 6.45) is -1.86. The van der Waals surface area contributed by atoms with Gasteiger partial charge in [0.1, 0.15) is 0 Å². The number of rotatable bonds is 0. The van der Waals surface area contributed by atoms with Gasteiger partial charge in [0.25, 0.3) is 0 Å². The molecular formula is C9H10F3N3. The molecule has 2 rings (SSSR count). The Morgan fingerprint density at radius 2 is 1.73 bits per heavy atom. The number of fused-ring (bicyclic) bond motifs is 1. The van der Waals surface area contributed by atoms with Crippen molar-refractivity contribution in [1.29, 1.82) is 0 Å². The number of nitrogens with zero attached hydrogens (tertiary/aromatic N) is 2. The number of halogens is 3. The van der Waals surface area contributed by atoms with Crippen molar-refractivity contribution in [2.45, 2.75) is 31.9 Å². The van der Waals surface area contributed by atoms with E-state index in [2.05, 4.69) is 9.97 Å². The summed E-state index contributed by atoms with van der Waals surface area (Å²) in [5.74, 6) is -0.289. The van der Waals surface area contributed by atoms with Crippen LogP contribution in [0.1, 0.15) is 29.8 Å². The van der Waals surface area contributed by atoms with Gasteiger partial charge in [-0.05, 0) is 25.7 Å². The van der Waals surface area contributed by atoms with Gasteiger partial charge in [0.05, 0.1) is 0 Å². The molecule has 0 amide bonds. The molecule has 1 heterocycles. The van der Waals surface area contributed by atoms with Crippen LogP contribution in [0.4, 0.5) is 19.1 Å². The maximum Gasteiger partial charge on any atom is 0.433 e. The molecule has 0 saturated carbocycles. The lowest BCUT2D eigenvalue weighted by atomic mass is 9.94. The van der Waals surface area contributed by atoms with E-state index in [-0.39, 0.29) is 11.5 Å². The third-order valence-electron chi connectivity index (χ3n) is 2.47. The highest BCUT2D eigenvalue weighted by Crippen LogP contribution is 2.34. The van der Waals surface area contributed by atoms with Crippen molar-refractivity contribution < 1.29 is 13.2 Å². The first-order chi connectivity index (χ1) is 6.98. The number of hydrogen-bond donors (Lipinski definition) is 1. The summed E-state index contributed by atoms with van der Waals surface area (Å²) in [5, 5.41) is 0. The zero-order valence-electron chi connectivity index (χ0n) is 7.93. The SMILES string of the molecule is Nc1nc2c(c(C(F)(F)F)n1)CCCC2. The van der Waals surface area contributed by atoms with Crippen LogP contribution in [0.3, 0.4) is 0 Å². The Kier molecular flexibility index (Phi) is 2.28. The first kappa shape index (κ1) is 10.2. The summed E-state index contributed by atoms with van der Waals surface area (Å²) in [7, 11) is 0. The second-order valence-electron chi connectivity index (χ2n) is 3.56. The van der Waals surface area contributed by atoms with Gasteiger partial charge in [0.15, 0.2) is 5.69 Å². The van der Waals surface area contributed by atoms with Crippen LogP contribution >= 0.6 is 0 Å². The molecule has 1 aromatic heterocycles. The van der Waals surface area contributed by atoms with Crippen molar-refractivity contribution in [1.82, 2.24) is 9.97 Å². The van der Waals surface area contributed by atoms with Crippen molar-refractivity contribution in [2.24, 2.45) is 0 Å².